The molecule has 2 atom stereocenters. The predicted molar refractivity (Wildman–Crippen MR) is 75.7 cm³/mol. The minimum absolute atomic E-state index is 0.0876. The third-order valence-electron chi connectivity index (χ3n) is 6.45. The Morgan fingerprint density at radius 3 is 2.05 bits per heavy atom. The smallest absolute Gasteiger partial charge is 0.228 e. The van der Waals surface area contributed by atoms with Crippen LogP contribution in [-0.2, 0) is 4.79 Å². The van der Waals surface area contributed by atoms with Gasteiger partial charge < -0.3 is 4.90 Å². The summed E-state index contributed by atoms with van der Waals surface area (Å²) < 4.78 is 0. The number of likely N-dealkylation sites (tertiary alicyclic amines) is 1. The average molecular weight is 261 g/mol. The van der Waals surface area contributed by atoms with E-state index in [0.29, 0.717) is 5.91 Å². The van der Waals surface area contributed by atoms with Gasteiger partial charge in [0, 0.05) is 13.1 Å². The van der Waals surface area contributed by atoms with E-state index in [1.54, 1.807) is 0 Å². The molecule has 4 saturated carbocycles. The molecule has 0 radical (unpaired) electrons. The van der Waals surface area contributed by atoms with Crippen molar-refractivity contribution in [3.05, 3.63) is 0 Å². The quantitative estimate of drug-likeness (QED) is 0.706. The van der Waals surface area contributed by atoms with Crippen molar-refractivity contribution in [3.63, 3.8) is 0 Å². The molecule has 2 unspecified atom stereocenters. The number of hydrogen-bond acceptors (Lipinski definition) is 1. The first kappa shape index (κ1) is 12.2. The third-order valence-corrected chi connectivity index (χ3v) is 6.45. The Hall–Kier alpha value is -0.530. The Balaban J connectivity index is 1.59. The number of hydrogen-bond donors (Lipinski definition) is 0. The van der Waals surface area contributed by atoms with Crippen molar-refractivity contribution in [3.8, 4) is 0 Å². The summed E-state index contributed by atoms with van der Waals surface area (Å²) in [4.78, 5) is 15.4. The summed E-state index contributed by atoms with van der Waals surface area (Å²) in [6.07, 6.45) is 13.2. The van der Waals surface area contributed by atoms with E-state index >= 15 is 0 Å². The van der Waals surface area contributed by atoms with Gasteiger partial charge in [0.1, 0.15) is 0 Å². The lowest BCUT2D eigenvalue weighted by Crippen LogP contribution is -2.51. The van der Waals surface area contributed by atoms with Crippen LogP contribution >= 0.6 is 0 Å². The number of amides is 1. The molecule has 0 aromatic heterocycles. The molecular formula is C17H27NO. The Morgan fingerprint density at radius 1 is 0.842 bits per heavy atom. The van der Waals surface area contributed by atoms with Crippen molar-refractivity contribution < 1.29 is 4.79 Å². The Labute approximate surface area is 116 Å². The van der Waals surface area contributed by atoms with E-state index in [0.717, 1.165) is 30.8 Å². The second-order valence-corrected chi connectivity index (χ2v) is 7.89. The van der Waals surface area contributed by atoms with Gasteiger partial charge in [0.2, 0.25) is 5.91 Å². The van der Waals surface area contributed by atoms with Crippen LogP contribution < -0.4 is 0 Å². The molecule has 0 N–H and O–H groups in total. The maximum Gasteiger partial charge on any atom is 0.228 e. The Morgan fingerprint density at radius 2 is 1.42 bits per heavy atom. The molecule has 2 heteroatoms. The van der Waals surface area contributed by atoms with Crippen molar-refractivity contribution in [2.24, 2.45) is 23.2 Å². The van der Waals surface area contributed by atoms with Crippen LogP contribution in [0.5, 0.6) is 0 Å². The number of rotatable bonds is 1. The van der Waals surface area contributed by atoms with Crippen LogP contribution in [0.2, 0.25) is 0 Å². The molecule has 5 fully saturated rings. The lowest BCUT2D eigenvalue weighted by atomic mass is 9.58. The van der Waals surface area contributed by atoms with E-state index < -0.39 is 0 Å². The zero-order valence-electron chi connectivity index (χ0n) is 12.1. The van der Waals surface area contributed by atoms with Crippen LogP contribution in [0.1, 0.15) is 64.2 Å². The van der Waals surface area contributed by atoms with Gasteiger partial charge in [-0.25, -0.2) is 0 Å². The maximum atomic E-state index is 13.1. The highest BCUT2D eigenvalue weighted by Gasteiger charge is 2.53. The van der Waals surface area contributed by atoms with Gasteiger partial charge in [0.15, 0.2) is 0 Å². The van der Waals surface area contributed by atoms with Crippen LogP contribution in [-0.4, -0.2) is 23.9 Å². The second-order valence-electron chi connectivity index (χ2n) is 7.89. The molecule has 0 aromatic rings. The van der Waals surface area contributed by atoms with Gasteiger partial charge in [-0.15, -0.1) is 0 Å². The number of piperidine rings is 1. The summed E-state index contributed by atoms with van der Waals surface area (Å²) in [6.45, 7) is 2.08. The highest BCUT2D eigenvalue weighted by atomic mass is 16.2. The zero-order valence-corrected chi connectivity index (χ0v) is 12.1. The van der Waals surface area contributed by atoms with Gasteiger partial charge in [0.05, 0.1) is 5.41 Å². The third kappa shape index (κ3) is 2.02. The predicted octanol–water partition coefficient (Wildman–Crippen LogP) is 3.61. The zero-order chi connectivity index (χ0) is 12.9. The summed E-state index contributed by atoms with van der Waals surface area (Å²) in [5.74, 6) is 3.20. The molecule has 0 spiro atoms. The molecule has 106 valence electrons. The van der Waals surface area contributed by atoms with Crippen LogP contribution in [0, 0.1) is 23.2 Å². The molecule has 1 heterocycles. The molecule has 5 aliphatic rings. The molecule has 1 saturated heterocycles. The first-order chi connectivity index (χ1) is 9.25. The molecule has 1 aliphatic heterocycles. The van der Waals surface area contributed by atoms with Gasteiger partial charge in [-0.3, -0.25) is 4.79 Å². The van der Waals surface area contributed by atoms with Crippen LogP contribution in [0.4, 0.5) is 0 Å². The minimum Gasteiger partial charge on any atom is -0.342 e. The van der Waals surface area contributed by atoms with Crippen LogP contribution in [0.25, 0.3) is 0 Å². The van der Waals surface area contributed by atoms with Crippen LogP contribution in [0.15, 0.2) is 0 Å². The molecule has 5 rings (SSSR count). The van der Waals surface area contributed by atoms with Gasteiger partial charge in [-0.05, 0) is 69.1 Å². The van der Waals surface area contributed by atoms with Crippen molar-refractivity contribution in [2.75, 3.05) is 13.1 Å². The summed E-state index contributed by atoms with van der Waals surface area (Å²) in [5.41, 5.74) is 0.0876. The standard InChI is InChI=1S/C17H27NO/c19-16(18-6-2-1-3-7-18)17-10-13-4-5-14(11-17)9-15(8-13)12-17/h13-15H,1-12H2. The highest BCUT2D eigenvalue weighted by molar-refractivity contribution is 5.83. The normalized spacial score (nSPS) is 45.3. The molecule has 0 aromatic carbocycles. The molecule has 1 amide bonds. The minimum atomic E-state index is 0.0876. The fourth-order valence-electron chi connectivity index (χ4n) is 5.89. The van der Waals surface area contributed by atoms with Crippen molar-refractivity contribution in [2.45, 2.75) is 64.2 Å². The van der Waals surface area contributed by atoms with Gasteiger partial charge >= 0.3 is 0 Å². The van der Waals surface area contributed by atoms with Crippen molar-refractivity contribution >= 4 is 5.91 Å². The summed E-state index contributed by atoms with van der Waals surface area (Å²) >= 11 is 0. The van der Waals surface area contributed by atoms with E-state index in [4.69, 9.17) is 0 Å². The summed E-state index contributed by atoms with van der Waals surface area (Å²) in [7, 11) is 0. The highest BCUT2D eigenvalue weighted by Crippen LogP contribution is 2.58. The monoisotopic (exact) mass is 261 g/mol. The first-order valence-electron chi connectivity index (χ1n) is 8.55. The molecule has 4 aliphatic carbocycles. The number of carbonyl (C=O) groups is 1. The SMILES string of the molecule is O=C(N1CCCCC1)C12CC3CCC(CC(C3)C1)C2. The van der Waals surface area contributed by atoms with Gasteiger partial charge in [-0.2, -0.15) is 0 Å². The molecule has 2 nitrogen and oxygen atoms in total. The fourth-order valence-corrected chi connectivity index (χ4v) is 5.89. The van der Waals surface area contributed by atoms with Gasteiger partial charge in [0.25, 0.3) is 0 Å². The second kappa shape index (κ2) is 4.49. The van der Waals surface area contributed by atoms with E-state index in [9.17, 15) is 4.79 Å². The van der Waals surface area contributed by atoms with E-state index in [1.807, 2.05) is 0 Å². The topological polar surface area (TPSA) is 20.3 Å². The summed E-state index contributed by atoms with van der Waals surface area (Å²) in [6, 6.07) is 0. The Bertz CT molecular complexity index is 355. The van der Waals surface area contributed by atoms with E-state index in [1.165, 1.54) is 64.2 Å². The van der Waals surface area contributed by atoms with Crippen molar-refractivity contribution in [1.29, 1.82) is 0 Å². The number of fused-ring (bicyclic) bond motifs is 1. The van der Waals surface area contributed by atoms with Crippen molar-refractivity contribution in [1.82, 2.24) is 4.90 Å². The number of carbonyl (C=O) groups excluding carboxylic acids is 1. The van der Waals surface area contributed by atoms with E-state index in [2.05, 4.69) is 4.90 Å². The van der Waals surface area contributed by atoms with Gasteiger partial charge in [-0.1, -0.05) is 12.8 Å². The Kier molecular flexibility index (Phi) is 2.89. The summed E-state index contributed by atoms with van der Waals surface area (Å²) in [5, 5.41) is 0. The lowest BCUT2D eigenvalue weighted by Gasteiger charge is -2.49. The molecule has 4 bridgehead atoms. The fraction of sp³-hybridized carbons (Fsp3) is 0.941. The van der Waals surface area contributed by atoms with E-state index in [-0.39, 0.29) is 5.41 Å². The lowest BCUT2D eigenvalue weighted by molar-refractivity contribution is -0.151. The number of nitrogens with zero attached hydrogens (tertiary/aromatic N) is 1. The van der Waals surface area contributed by atoms with Crippen LogP contribution in [0.3, 0.4) is 0 Å². The molecule has 19 heavy (non-hydrogen) atoms. The maximum absolute atomic E-state index is 13.1. The average Bonchev–Trinajstić information content (AvgIpc) is 2.65. The molecular weight excluding hydrogens is 234 g/mol. The largest absolute Gasteiger partial charge is 0.342 e. The first-order valence-corrected chi connectivity index (χ1v) is 8.55.